The van der Waals surface area contributed by atoms with Crippen molar-refractivity contribution in [3.8, 4) is 6.07 Å². The van der Waals surface area contributed by atoms with E-state index in [1.54, 1.807) is 13.8 Å². The molecule has 1 atom stereocenters. The average Bonchev–Trinajstić information content (AvgIpc) is 3.46. The first kappa shape index (κ1) is 19.0. The summed E-state index contributed by atoms with van der Waals surface area (Å²) < 4.78 is 16.3. The molecule has 1 aromatic rings. The molecule has 0 saturated heterocycles. The number of nitrogens with zero attached hydrogens (tertiary/aromatic N) is 1. The zero-order chi connectivity index (χ0) is 19.4. The first-order valence-corrected chi connectivity index (χ1v) is 9.17. The Labute approximate surface area is 159 Å². The molecule has 1 saturated carbocycles. The van der Waals surface area contributed by atoms with E-state index in [2.05, 4.69) is 6.07 Å². The van der Waals surface area contributed by atoms with E-state index in [1.807, 2.05) is 24.3 Å². The van der Waals surface area contributed by atoms with Crippen LogP contribution in [0.4, 0.5) is 0 Å². The van der Waals surface area contributed by atoms with Crippen LogP contribution in [0.3, 0.4) is 0 Å². The van der Waals surface area contributed by atoms with Gasteiger partial charge in [-0.25, -0.2) is 4.79 Å². The lowest BCUT2D eigenvalue weighted by molar-refractivity contribution is -0.139. The van der Waals surface area contributed by atoms with E-state index in [0.717, 1.165) is 23.7 Å². The van der Waals surface area contributed by atoms with Crippen LogP contribution in [0, 0.1) is 17.2 Å². The molecule has 3 rings (SSSR count). The van der Waals surface area contributed by atoms with Gasteiger partial charge in [0, 0.05) is 6.61 Å². The van der Waals surface area contributed by atoms with Crippen molar-refractivity contribution in [2.75, 3.05) is 13.2 Å². The van der Waals surface area contributed by atoms with Crippen LogP contribution in [0.5, 0.6) is 0 Å². The average molecular weight is 368 g/mol. The number of ether oxygens (including phenoxy) is 3. The topological polar surface area (TPSA) is 94.6 Å². The molecule has 2 N–H and O–H groups in total. The summed E-state index contributed by atoms with van der Waals surface area (Å²) in [5, 5.41) is 9.57. The van der Waals surface area contributed by atoms with Crippen molar-refractivity contribution in [1.82, 2.24) is 0 Å². The molecule has 1 aromatic carbocycles. The van der Waals surface area contributed by atoms with Crippen LogP contribution < -0.4 is 5.73 Å². The van der Waals surface area contributed by atoms with E-state index in [9.17, 15) is 10.1 Å². The quantitative estimate of drug-likeness (QED) is 0.742. The van der Waals surface area contributed by atoms with Crippen LogP contribution in [0.25, 0.3) is 0 Å². The molecular formula is C21H24N2O4. The lowest BCUT2D eigenvalue weighted by Gasteiger charge is -2.26. The summed E-state index contributed by atoms with van der Waals surface area (Å²) in [6.45, 7) is 4.97. The number of nitriles is 1. The van der Waals surface area contributed by atoms with Crippen molar-refractivity contribution in [3.05, 3.63) is 58.2 Å². The van der Waals surface area contributed by atoms with Gasteiger partial charge in [-0.2, -0.15) is 5.26 Å². The predicted octanol–water partition coefficient (Wildman–Crippen LogP) is 3.26. The molecule has 0 bridgehead atoms. The van der Waals surface area contributed by atoms with Crippen molar-refractivity contribution >= 4 is 5.97 Å². The minimum atomic E-state index is -0.607. The molecule has 2 aliphatic rings. The van der Waals surface area contributed by atoms with Crippen LogP contribution >= 0.6 is 0 Å². The molecule has 6 heteroatoms. The maximum absolute atomic E-state index is 12.5. The fourth-order valence-corrected chi connectivity index (χ4v) is 3.12. The van der Waals surface area contributed by atoms with Crippen molar-refractivity contribution in [2.24, 2.45) is 11.7 Å². The first-order chi connectivity index (χ1) is 13.0. The van der Waals surface area contributed by atoms with E-state index in [4.69, 9.17) is 19.9 Å². The lowest BCUT2D eigenvalue weighted by atomic mass is 9.83. The summed E-state index contributed by atoms with van der Waals surface area (Å²) >= 11 is 0. The van der Waals surface area contributed by atoms with Gasteiger partial charge in [0.25, 0.3) is 0 Å². The lowest BCUT2D eigenvalue weighted by Crippen LogP contribution is -2.25. The number of benzene rings is 1. The Morgan fingerprint density at radius 3 is 2.63 bits per heavy atom. The Balaban J connectivity index is 1.85. The third-order valence-electron chi connectivity index (χ3n) is 4.73. The number of esters is 1. The Morgan fingerprint density at radius 1 is 1.33 bits per heavy atom. The highest BCUT2D eigenvalue weighted by atomic mass is 16.5. The molecule has 1 aliphatic heterocycles. The number of rotatable bonds is 7. The molecule has 1 fully saturated rings. The van der Waals surface area contributed by atoms with Crippen molar-refractivity contribution in [3.63, 3.8) is 0 Å². The van der Waals surface area contributed by atoms with E-state index in [0.29, 0.717) is 17.9 Å². The van der Waals surface area contributed by atoms with Crippen LogP contribution in [-0.4, -0.2) is 19.2 Å². The molecule has 142 valence electrons. The SMILES string of the molecule is CCOC(=O)C1=C(C)OC(N)=C(C#N)C1c1ccc(COCC2CC2)cc1. The largest absolute Gasteiger partial charge is 0.463 e. The summed E-state index contributed by atoms with van der Waals surface area (Å²) in [6.07, 6.45) is 2.52. The fourth-order valence-electron chi connectivity index (χ4n) is 3.12. The highest BCUT2D eigenvalue weighted by molar-refractivity contribution is 5.92. The van der Waals surface area contributed by atoms with Crippen molar-refractivity contribution in [2.45, 2.75) is 39.2 Å². The Kier molecular flexibility index (Phi) is 5.82. The van der Waals surface area contributed by atoms with Crippen LogP contribution in [0.1, 0.15) is 43.7 Å². The van der Waals surface area contributed by atoms with Gasteiger partial charge in [-0.05, 0) is 43.7 Å². The van der Waals surface area contributed by atoms with Gasteiger partial charge in [0.05, 0.1) is 24.7 Å². The monoisotopic (exact) mass is 368 g/mol. The molecule has 0 amide bonds. The summed E-state index contributed by atoms with van der Waals surface area (Å²) in [6, 6.07) is 9.76. The van der Waals surface area contributed by atoms with Gasteiger partial charge in [-0.3, -0.25) is 0 Å². The van der Waals surface area contributed by atoms with Crippen LogP contribution in [0.2, 0.25) is 0 Å². The van der Waals surface area contributed by atoms with Crippen molar-refractivity contribution < 1.29 is 19.0 Å². The normalized spacial score (nSPS) is 19.5. The Morgan fingerprint density at radius 2 is 2.04 bits per heavy atom. The fraction of sp³-hybridized carbons (Fsp3) is 0.429. The van der Waals surface area contributed by atoms with E-state index >= 15 is 0 Å². The van der Waals surface area contributed by atoms with Crippen LogP contribution in [-0.2, 0) is 25.6 Å². The maximum atomic E-state index is 12.5. The number of allylic oxidation sites excluding steroid dienone is 2. The number of carbonyl (C=O) groups is 1. The van der Waals surface area contributed by atoms with Gasteiger partial charge in [0.15, 0.2) is 0 Å². The Bertz CT molecular complexity index is 814. The molecule has 1 aliphatic carbocycles. The summed E-state index contributed by atoms with van der Waals surface area (Å²) in [4.78, 5) is 12.5. The molecule has 0 radical (unpaired) electrons. The summed E-state index contributed by atoms with van der Waals surface area (Å²) in [5.41, 5.74) is 8.24. The van der Waals surface area contributed by atoms with Crippen LogP contribution in [0.15, 0.2) is 47.1 Å². The summed E-state index contributed by atoms with van der Waals surface area (Å²) in [7, 11) is 0. The second-order valence-electron chi connectivity index (χ2n) is 6.82. The summed E-state index contributed by atoms with van der Waals surface area (Å²) in [5.74, 6) is -0.0175. The number of hydrogen-bond donors (Lipinski definition) is 1. The van der Waals surface area contributed by atoms with E-state index < -0.39 is 11.9 Å². The molecule has 27 heavy (non-hydrogen) atoms. The molecule has 1 unspecified atom stereocenters. The molecular weight excluding hydrogens is 344 g/mol. The van der Waals surface area contributed by atoms with E-state index in [-0.39, 0.29) is 18.1 Å². The third-order valence-corrected chi connectivity index (χ3v) is 4.73. The molecule has 6 nitrogen and oxygen atoms in total. The zero-order valence-electron chi connectivity index (χ0n) is 15.7. The third kappa shape index (κ3) is 4.32. The van der Waals surface area contributed by atoms with Gasteiger partial charge in [-0.1, -0.05) is 24.3 Å². The number of carbonyl (C=O) groups excluding carboxylic acids is 1. The number of nitrogens with two attached hydrogens (primary N) is 1. The highest BCUT2D eigenvalue weighted by Gasteiger charge is 2.36. The maximum Gasteiger partial charge on any atom is 0.338 e. The standard InChI is InChI=1S/C21H24N2O4/c1-3-26-21(24)18-13(2)27-20(23)17(10-22)19(18)16-8-6-15(7-9-16)12-25-11-14-4-5-14/h6-9,14,19H,3-5,11-12,23H2,1-2H3. The van der Waals surface area contributed by atoms with Crippen molar-refractivity contribution in [1.29, 1.82) is 5.26 Å². The highest BCUT2D eigenvalue weighted by Crippen LogP contribution is 2.39. The Hall–Kier alpha value is -2.78. The molecule has 0 spiro atoms. The molecule has 0 aromatic heterocycles. The van der Waals surface area contributed by atoms with Gasteiger partial charge >= 0.3 is 5.97 Å². The molecule has 1 heterocycles. The number of hydrogen-bond acceptors (Lipinski definition) is 6. The second-order valence-corrected chi connectivity index (χ2v) is 6.82. The zero-order valence-corrected chi connectivity index (χ0v) is 15.7. The first-order valence-electron chi connectivity index (χ1n) is 9.17. The predicted molar refractivity (Wildman–Crippen MR) is 98.8 cm³/mol. The van der Waals surface area contributed by atoms with Gasteiger partial charge in [0.1, 0.15) is 17.4 Å². The minimum absolute atomic E-state index is 0.0184. The second kappa shape index (κ2) is 8.28. The smallest absolute Gasteiger partial charge is 0.338 e. The van der Waals surface area contributed by atoms with Gasteiger partial charge < -0.3 is 19.9 Å². The van der Waals surface area contributed by atoms with Gasteiger partial charge in [-0.15, -0.1) is 0 Å². The van der Waals surface area contributed by atoms with E-state index in [1.165, 1.54) is 12.8 Å². The minimum Gasteiger partial charge on any atom is -0.463 e. The van der Waals surface area contributed by atoms with Gasteiger partial charge in [0.2, 0.25) is 5.88 Å².